The van der Waals surface area contributed by atoms with E-state index in [4.69, 9.17) is 0 Å². The van der Waals surface area contributed by atoms with Crippen LogP contribution in [0.4, 0.5) is 0 Å². The molecule has 1 saturated heterocycles. The van der Waals surface area contributed by atoms with Crippen molar-refractivity contribution in [1.82, 2.24) is 19.3 Å². The molecule has 0 bridgehead atoms. The van der Waals surface area contributed by atoms with Gasteiger partial charge in [-0.15, -0.1) is 5.10 Å². The zero-order chi connectivity index (χ0) is 19.8. The third-order valence-electron chi connectivity index (χ3n) is 5.45. The molecular weight excluding hydrogens is 384 g/mol. The van der Waals surface area contributed by atoms with Gasteiger partial charge in [0.15, 0.2) is 0 Å². The second-order valence-electron chi connectivity index (χ2n) is 7.23. The first-order chi connectivity index (χ1) is 14.1. The van der Waals surface area contributed by atoms with Crippen LogP contribution in [-0.4, -0.2) is 40.8 Å². The number of benzene rings is 3. The first kappa shape index (κ1) is 18.0. The van der Waals surface area contributed by atoms with E-state index in [0.717, 1.165) is 22.0 Å². The smallest absolute Gasteiger partial charge is 0.243 e. The normalized spacial score (nSPS) is 17.7. The van der Waals surface area contributed by atoms with Crippen LogP contribution in [0.5, 0.6) is 0 Å². The summed E-state index contributed by atoms with van der Waals surface area (Å²) in [5.41, 5.74) is 1.79. The van der Waals surface area contributed by atoms with Crippen molar-refractivity contribution in [2.24, 2.45) is 0 Å². The highest BCUT2D eigenvalue weighted by molar-refractivity contribution is 7.89. The molecule has 3 aromatic carbocycles. The number of fused-ring (bicyclic) bond motifs is 1. The van der Waals surface area contributed by atoms with Crippen LogP contribution >= 0.6 is 0 Å². The molecule has 1 aliphatic heterocycles. The Bertz CT molecular complexity index is 1260. The summed E-state index contributed by atoms with van der Waals surface area (Å²) in [5.74, 6) is 0. The minimum absolute atomic E-state index is 0.0234. The van der Waals surface area contributed by atoms with Crippen molar-refractivity contribution in [3.05, 3.63) is 79.0 Å². The lowest BCUT2D eigenvalue weighted by atomic mass is 10.1. The van der Waals surface area contributed by atoms with Gasteiger partial charge >= 0.3 is 0 Å². The topological polar surface area (TPSA) is 68.1 Å². The minimum atomic E-state index is -3.58. The molecule has 2 heterocycles. The first-order valence-electron chi connectivity index (χ1n) is 9.58. The number of nitrogens with zero attached hydrogens (tertiary/aromatic N) is 4. The Morgan fingerprint density at radius 1 is 0.897 bits per heavy atom. The van der Waals surface area contributed by atoms with Crippen molar-refractivity contribution in [3.8, 4) is 11.3 Å². The van der Waals surface area contributed by atoms with Gasteiger partial charge in [0, 0.05) is 24.0 Å². The van der Waals surface area contributed by atoms with Crippen LogP contribution in [0.15, 0.2) is 83.9 Å². The van der Waals surface area contributed by atoms with Crippen molar-refractivity contribution in [2.45, 2.75) is 17.4 Å². The summed E-state index contributed by atoms with van der Waals surface area (Å²) >= 11 is 0. The highest BCUT2D eigenvalue weighted by Crippen LogP contribution is 2.31. The predicted octanol–water partition coefficient (Wildman–Crippen LogP) is 3.73. The van der Waals surface area contributed by atoms with Crippen LogP contribution in [0.2, 0.25) is 0 Å². The third-order valence-corrected chi connectivity index (χ3v) is 7.37. The van der Waals surface area contributed by atoms with Crippen molar-refractivity contribution < 1.29 is 8.42 Å². The molecule has 1 fully saturated rings. The summed E-state index contributed by atoms with van der Waals surface area (Å²) in [4.78, 5) is 0.361. The highest BCUT2D eigenvalue weighted by Gasteiger charge is 2.34. The maximum atomic E-state index is 13.3. The Labute approximate surface area is 169 Å². The standard InChI is InChI=1S/C22H20N4O2S/c27-29(28,22-12-6-10-17-7-4-5-11-20(17)22)25-14-13-19(15-25)26-16-21(23-24-26)18-8-2-1-3-9-18/h1-12,16,19H,13-15H2. The molecule has 7 heteroatoms. The lowest BCUT2D eigenvalue weighted by Gasteiger charge is -2.18. The van der Waals surface area contributed by atoms with E-state index < -0.39 is 10.0 Å². The van der Waals surface area contributed by atoms with E-state index in [9.17, 15) is 8.42 Å². The van der Waals surface area contributed by atoms with E-state index >= 15 is 0 Å². The first-order valence-corrected chi connectivity index (χ1v) is 11.0. The summed E-state index contributed by atoms with van der Waals surface area (Å²) in [7, 11) is -3.58. The number of aromatic nitrogens is 3. The van der Waals surface area contributed by atoms with Crippen LogP contribution in [0.25, 0.3) is 22.0 Å². The molecule has 29 heavy (non-hydrogen) atoms. The van der Waals surface area contributed by atoms with E-state index in [0.29, 0.717) is 24.4 Å². The van der Waals surface area contributed by atoms with Crippen molar-refractivity contribution in [1.29, 1.82) is 0 Å². The van der Waals surface area contributed by atoms with Gasteiger partial charge in [0.25, 0.3) is 0 Å². The SMILES string of the molecule is O=S(=O)(c1cccc2ccccc12)N1CCC(n2cc(-c3ccccc3)nn2)C1. The largest absolute Gasteiger partial charge is 0.247 e. The van der Waals surface area contributed by atoms with Crippen LogP contribution < -0.4 is 0 Å². The van der Waals surface area contributed by atoms with E-state index in [2.05, 4.69) is 10.3 Å². The average Bonchev–Trinajstić information content (AvgIpc) is 3.44. The van der Waals surface area contributed by atoms with Gasteiger partial charge in [-0.1, -0.05) is 71.9 Å². The number of hydrogen-bond donors (Lipinski definition) is 0. The van der Waals surface area contributed by atoms with Crippen LogP contribution in [0, 0.1) is 0 Å². The third kappa shape index (κ3) is 3.22. The van der Waals surface area contributed by atoms with Crippen LogP contribution in [0.3, 0.4) is 0 Å². The molecule has 0 N–H and O–H groups in total. The monoisotopic (exact) mass is 404 g/mol. The van der Waals surface area contributed by atoms with Gasteiger partial charge in [-0.2, -0.15) is 4.31 Å². The maximum absolute atomic E-state index is 13.3. The van der Waals surface area contributed by atoms with E-state index in [1.54, 1.807) is 21.1 Å². The van der Waals surface area contributed by atoms with Crippen molar-refractivity contribution in [3.63, 3.8) is 0 Å². The van der Waals surface area contributed by atoms with Gasteiger partial charge in [0.1, 0.15) is 5.69 Å². The lowest BCUT2D eigenvalue weighted by Crippen LogP contribution is -2.29. The quantitative estimate of drug-likeness (QED) is 0.520. The molecule has 0 amide bonds. The minimum Gasteiger partial charge on any atom is -0.247 e. The van der Waals surface area contributed by atoms with Gasteiger partial charge in [0.2, 0.25) is 10.0 Å². The molecule has 1 aliphatic rings. The fraction of sp³-hybridized carbons (Fsp3) is 0.182. The summed E-state index contributed by atoms with van der Waals surface area (Å²) in [5, 5.41) is 10.2. The summed E-state index contributed by atoms with van der Waals surface area (Å²) in [6.07, 6.45) is 2.61. The van der Waals surface area contributed by atoms with Gasteiger partial charge in [-0.05, 0) is 17.9 Å². The summed E-state index contributed by atoms with van der Waals surface area (Å²) in [6.45, 7) is 0.861. The van der Waals surface area contributed by atoms with Gasteiger partial charge in [-0.25, -0.2) is 13.1 Å². The number of hydrogen-bond acceptors (Lipinski definition) is 4. The van der Waals surface area contributed by atoms with E-state index in [1.807, 2.05) is 66.9 Å². The Balaban J connectivity index is 1.41. The Morgan fingerprint density at radius 3 is 2.52 bits per heavy atom. The maximum Gasteiger partial charge on any atom is 0.243 e. The predicted molar refractivity (Wildman–Crippen MR) is 112 cm³/mol. The van der Waals surface area contributed by atoms with E-state index in [-0.39, 0.29) is 6.04 Å². The fourth-order valence-corrected chi connectivity index (χ4v) is 5.61. The number of sulfonamides is 1. The molecule has 4 aromatic rings. The van der Waals surface area contributed by atoms with Crippen LogP contribution in [-0.2, 0) is 10.0 Å². The summed E-state index contributed by atoms with van der Waals surface area (Å²) in [6, 6.07) is 22.8. The van der Waals surface area contributed by atoms with Gasteiger partial charge < -0.3 is 0 Å². The Morgan fingerprint density at radius 2 is 1.66 bits per heavy atom. The molecular formula is C22H20N4O2S. The second kappa shape index (κ2) is 7.09. The molecule has 1 aromatic heterocycles. The molecule has 0 aliphatic carbocycles. The Kier molecular flexibility index (Phi) is 4.41. The zero-order valence-corrected chi connectivity index (χ0v) is 16.5. The molecule has 5 rings (SSSR count). The highest BCUT2D eigenvalue weighted by atomic mass is 32.2. The molecule has 146 valence electrons. The molecule has 1 atom stereocenters. The molecule has 0 radical (unpaired) electrons. The van der Waals surface area contributed by atoms with Crippen molar-refractivity contribution in [2.75, 3.05) is 13.1 Å². The number of rotatable bonds is 4. The van der Waals surface area contributed by atoms with Crippen LogP contribution in [0.1, 0.15) is 12.5 Å². The molecule has 0 spiro atoms. The molecule has 1 unspecified atom stereocenters. The van der Waals surface area contributed by atoms with Crippen molar-refractivity contribution >= 4 is 20.8 Å². The average molecular weight is 404 g/mol. The van der Waals surface area contributed by atoms with Gasteiger partial charge in [-0.3, -0.25) is 0 Å². The van der Waals surface area contributed by atoms with Gasteiger partial charge in [0.05, 0.1) is 17.1 Å². The van der Waals surface area contributed by atoms with E-state index in [1.165, 1.54) is 0 Å². The fourth-order valence-electron chi connectivity index (χ4n) is 3.90. The Hall–Kier alpha value is -3.03. The molecule has 0 saturated carbocycles. The second-order valence-corrected chi connectivity index (χ2v) is 9.14. The lowest BCUT2D eigenvalue weighted by molar-refractivity contribution is 0.428. The summed E-state index contributed by atoms with van der Waals surface area (Å²) < 4.78 is 30.0. The molecule has 6 nitrogen and oxygen atoms in total. The zero-order valence-electron chi connectivity index (χ0n) is 15.7.